The van der Waals surface area contributed by atoms with Gasteiger partial charge in [0.25, 0.3) is 0 Å². The monoisotopic (exact) mass is 317 g/mol. The van der Waals surface area contributed by atoms with Gasteiger partial charge in [0.2, 0.25) is 5.91 Å². The number of tetrazole rings is 1. The average molecular weight is 317 g/mol. The van der Waals surface area contributed by atoms with E-state index in [0.717, 1.165) is 6.07 Å². The molecule has 0 atom stereocenters. The Labute approximate surface area is 122 Å². The number of alkyl halides is 3. The highest BCUT2D eigenvalue weighted by Gasteiger charge is 2.31. The van der Waals surface area contributed by atoms with Crippen molar-refractivity contribution in [3.05, 3.63) is 41.5 Å². The molecule has 1 aromatic heterocycles. The number of carbonyl (C=O) groups excluding carboxylic acids is 1. The molecule has 0 bridgehead atoms. The zero-order valence-corrected chi connectivity index (χ0v) is 11.1. The van der Waals surface area contributed by atoms with Crippen LogP contribution in [-0.2, 0) is 24.1 Å². The zero-order chi connectivity index (χ0) is 16.2. The van der Waals surface area contributed by atoms with Gasteiger partial charge in [0.1, 0.15) is 12.1 Å². The molecule has 0 saturated carbocycles. The number of benzene rings is 1. The zero-order valence-electron chi connectivity index (χ0n) is 11.1. The Kier molecular flexibility index (Phi) is 4.68. The molecule has 1 heterocycles. The Morgan fingerprint density at radius 1 is 1.32 bits per heavy atom. The molecule has 0 saturated heterocycles. The van der Waals surface area contributed by atoms with E-state index in [0.29, 0.717) is 12.1 Å². The van der Waals surface area contributed by atoms with Crippen molar-refractivity contribution in [2.24, 2.45) is 0 Å². The van der Waals surface area contributed by atoms with Gasteiger partial charge < -0.3 is 5.32 Å². The van der Waals surface area contributed by atoms with Crippen LogP contribution < -0.4 is 5.32 Å². The molecule has 0 fully saturated rings. The average Bonchev–Trinajstić information content (AvgIpc) is 2.96. The lowest BCUT2D eigenvalue weighted by atomic mass is 10.1. The molecule has 2 rings (SSSR count). The van der Waals surface area contributed by atoms with Crippen molar-refractivity contribution < 1.29 is 22.4 Å². The SMILES string of the molecule is O=C(CCn1cnnn1)NCc1cc(C(F)(F)F)ccc1F. The molecule has 0 unspecified atom stereocenters. The molecule has 0 aliphatic rings. The molecule has 0 aliphatic heterocycles. The summed E-state index contributed by atoms with van der Waals surface area (Å²) in [6.45, 7) is -0.117. The summed E-state index contributed by atoms with van der Waals surface area (Å²) >= 11 is 0. The fraction of sp³-hybridized carbons (Fsp3) is 0.333. The largest absolute Gasteiger partial charge is 0.416 e. The summed E-state index contributed by atoms with van der Waals surface area (Å²) in [5.41, 5.74) is -1.20. The van der Waals surface area contributed by atoms with Gasteiger partial charge >= 0.3 is 6.18 Å². The standard InChI is InChI=1S/C12H11F4N5O/c13-10-2-1-9(12(14,15)16)5-8(10)6-17-11(22)3-4-21-7-18-19-20-21/h1-2,5,7H,3-4,6H2,(H,17,22). The van der Waals surface area contributed by atoms with Crippen LogP contribution >= 0.6 is 0 Å². The van der Waals surface area contributed by atoms with Crippen LogP contribution in [0, 0.1) is 5.82 Å². The van der Waals surface area contributed by atoms with Gasteiger partial charge in [-0.1, -0.05) is 0 Å². The lowest BCUT2D eigenvalue weighted by Gasteiger charge is -2.10. The fourth-order valence-corrected chi connectivity index (χ4v) is 1.67. The van der Waals surface area contributed by atoms with E-state index in [1.54, 1.807) is 0 Å². The predicted molar refractivity (Wildman–Crippen MR) is 65.7 cm³/mol. The summed E-state index contributed by atoms with van der Waals surface area (Å²) in [6, 6.07) is 2.06. The molecule has 10 heteroatoms. The fourth-order valence-electron chi connectivity index (χ4n) is 1.67. The van der Waals surface area contributed by atoms with Crippen molar-refractivity contribution in [3.8, 4) is 0 Å². The van der Waals surface area contributed by atoms with E-state index in [2.05, 4.69) is 20.8 Å². The molecular weight excluding hydrogens is 306 g/mol. The van der Waals surface area contributed by atoms with Crippen molar-refractivity contribution in [1.29, 1.82) is 0 Å². The number of amides is 1. The number of nitrogens with zero attached hydrogens (tertiary/aromatic N) is 4. The summed E-state index contributed by atoms with van der Waals surface area (Å²) < 4.78 is 52.4. The molecule has 0 spiro atoms. The first-order valence-electron chi connectivity index (χ1n) is 6.19. The highest BCUT2D eigenvalue weighted by atomic mass is 19.4. The van der Waals surface area contributed by atoms with Crippen LogP contribution in [0.3, 0.4) is 0 Å². The molecular formula is C12H11F4N5O. The van der Waals surface area contributed by atoms with Gasteiger partial charge in [-0.15, -0.1) is 5.10 Å². The summed E-state index contributed by atoms with van der Waals surface area (Å²) in [7, 11) is 0. The van der Waals surface area contributed by atoms with Crippen molar-refractivity contribution >= 4 is 5.91 Å². The highest BCUT2D eigenvalue weighted by molar-refractivity contribution is 5.75. The van der Waals surface area contributed by atoms with Gasteiger partial charge in [0, 0.05) is 18.5 Å². The van der Waals surface area contributed by atoms with E-state index in [9.17, 15) is 22.4 Å². The van der Waals surface area contributed by atoms with Crippen LogP contribution in [0.5, 0.6) is 0 Å². The van der Waals surface area contributed by atoms with Crippen LogP contribution in [0.1, 0.15) is 17.5 Å². The predicted octanol–water partition coefficient (Wildman–Crippen LogP) is 1.54. The van der Waals surface area contributed by atoms with Gasteiger partial charge in [-0.2, -0.15) is 13.2 Å². The Morgan fingerprint density at radius 3 is 2.73 bits per heavy atom. The Balaban J connectivity index is 1.91. The number of hydrogen-bond donors (Lipinski definition) is 1. The quantitative estimate of drug-likeness (QED) is 0.849. The van der Waals surface area contributed by atoms with E-state index >= 15 is 0 Å². The third-order valence-electron chi connectivity index (χ3n) is 2.81. The van der Waals surface area contributed by atoms with Crippen molar-refractivity contribution in [1.82, 2.24) is 25.5 Å². The van der Waals surface area contributed by atoms with Gasteiger partial charge in [0.05, 0.1) is 12.1 Å². The van der Waals surface area contributed by atoms with Crippen LogP contribution in [0.4, 0.5) is 17.6 Å². The van der Waals surface area contributed by atoms with Gasteiger partial charge in [-0.05, 0) is 28.6 Å². The van der Waals surface area contributed by atoms with Crippen molar-refractivity contribution in [2.45, 2.75) is 25.7 Å². The smallest absolute Gasteiger partial charge is 0.352 e. The third kappa shape index (κ3) is 4.24. The highest BCUT2D eigenvalue weighted by Crippen LogP contribution is 2.30. The minimum atomic E-state index is -4.56. The third-order valence-corrected chi connectivity index (χ3v) is 2.81. The normalized spacial score (nSPS) is 11.5. The summed E-state index contributed by atoms with van der Waals surface area (Å²) in [5, 5.41) is 12.7. The molecule has 1 amide bonds. The maximum absolute atomic E-state index is 13.5. The lowest BCUT2D eigenvalue weighted by molar-refractivity contribution is -0.137. The number of aryl methyl sites for hydroxylation is 1. The minimum Gasteiger partial charge on any atom is -0.352 e. The second-order valence-corrected chi connectivity index (χ2v) is 4.40. The molecule has 2 aromatic rings. The van der Waals surface area contributed by atoms with E-state index in [1.807, 2.05) is 0 Å². The van der Waals surface area contributed by atoms with Gasteiger partial charge in [0.15, 0.2) is 0 Å². The number of halogens is 4. The van der Waals surface area contributed by atoms with E-state index < -0.39 is 23.5 Å². The maximum Gasteiger partial charge on any atom is 0.416 e. The first-order chi connectivity index (χ1) is 10.4. The first-order valence-corrected chi connectivity index (χ1v) is 6.19. The maximum atomic E-state index is 13.5. The Morgan fingerprint density at radius 2 is 2.09 bits per heavy atom. The number of aromatic nitrogens is 4. The van der Waals surface area contributed by atoms with E-state index in [1.165, 1.54) is 11.0 Å². The summed E-state index contributed by atoms with van der Waals surface area (Å²) in [4.78, 5) is 11.6. The van der Waals surface area contributed by atoms with Crippen LogP contribution in [0.15, 0.2) is 24.5 Å². The summed E-state index contributed by atoms with van der Waals surface area (Å²) in [5.74, 6) is -1.26. The number of carbonyl (C=O) groups is 1. The lowest BCUT2D eigenvalue weighted by Crippen LogP contribution is -2.24. The molecule has 0 aliphatic carbocycles. The molecule has 0 radical (unpaired) electrons. The van der Waals surface area contributed by atoms with Crippen LogP contribution in [-0.4, -0.2) is 26.1 Å². The minimum absolute atomic E-state index is 0.0195. The van der Waals surface area contributed by atoms with Gasteiger partial charge in [-0.25, -0.2) is 9.07 Å². The number of hydrogen-bond acceptors (Lipinski definition) is 4. The Hall–Kier alpha value is -2.52. The molecule has 1 N–H and O–H groups in total. The van der Waals surface area contributed by atoms with Crippen LogP contribution in [0.2, 0.25) is 0 Å². The molecule has 6 nitrogen and oxygen atoms in total. The van der Waals surface area contributed by atoms with Gasteiger partial charge in [-0.3, -0.25) is 4.79 Å². The van der Waals surface area contributed by atoms with E-state index in [-0.39, 0.29) is 25.1 Å². The number of nitrogens with one attached hydrogen (secondary N) is 1. The van der Waals surface area contributed by atoms with E-state index in [4.69, 9.17) is 0 Å². The van der Waals surface area contributed by atoms with Crippen LogP contribution in [0.25, 0.3) is 0 Å². The van der Waals surface area contributed by atoms with Crippen molar-refractivity contribution in [3.63, 3.8) is 0 Å². The number of rotatable bonds is 5. The molecule has 1 aromatic carbocycles. The molecule has 118 valence electrons. The van der Waals surface area contributed by atoms with Crippen molar-refractivity contribution in [2.75, 3.05) is 0 Å². The second-order valence-electron chi connectivity index (χ2n) is 4.40. The first kappa shape index (κ1) is 15.9. The second kappa shape index (κ2) is 6.50. The summed E-state index contributed by atoms with van der Waals surface area (Å²) in [6.07, 6.45) is -3.22. The Bertz CT molecular complexity index is 641. The topological polar surface area (TPSA) is 72.7 Å². The molecule has 22 heavy (non-hydrogen) atoms.